The third kappa shape index (κ3) is 3.29. The van der Waals surface area contributed by atoms with Crippen LogP contribution in [0.5, 0.6) is 5.75 Å². The van der Waals surface area contributed by atoms with Crippen LogP contribution in [0.2, 0.25) is 5.02 Å². The second-order valence-electron chi connectivity index (χ2n) is 4.19. The molecule has 0 aliphatic heterocycles. The molecule has 0 aliphatic carbocycles. The van der Waals surface area contributed by atoms with E-state index in [1.165, 1.54) is 18.0 Å². The van der Waals surface area contributed by atoms with Crippen molar-refractivity contribution in [1.29, 1.82) is 0 Å². The van der Waals surface area contributed by atoms with Crippen LogP contribution >= 0.6 is 23.4 Å². The molecule has 0 unspecified atom stereocenters. The molecule has 0 aliphatic rings. The number of thioether (sulfide) groups is 1. The average molecular weight is 309 g/mol. The first kappa shape index (κ1) is 14.8. The highest BCUT2D eigenvalue weighted by Crippen LogP contribution is 2.21. The predicted molar refractivity (Wildman–Crippen MR) is 79.7 cm³/mol. The van der Waals surface area contributed by atoms with E-state index in [2.05, 4.69) is 9.97 Å². The third-order valence-corrected chi connectivity index (χ3v) is 3.63. The van der Waals surface area contributed by atoms with Crippen molar-refractivity contribution in [2.45, 2.75) is 19.0 Å². The van der Waals surface area contributed by atoms with Crippen LogP contribution in [-0.4, -0.2) is 22.2 Å². The maximum absolute atomic E-state index is 12.1. The number of halogens is 1. The summed E-state index contributed by atoms with van der Waals surface area (Å²) in [6.45, 7) is 3.95. The van der Waals surface area contributed by atoms with Gasteiger partial charge >= 0.3 is 5.97 Å². The zero-order valence-corrected chi connectivity index (χ0v) is 12.9. The van der Waals surface area contributed by atoms with Gasteiger partial charge in [0, 0.05) is 0 Å². The Morgan fingerprint density at radius 1 is 1.30 bits per heavy atom. The lowest BCUT2D eigenvalue weighted by Crippen LogP contribution is -2.12. The molecule has 0 saturated heterocycles. The van der Waals surface area contributed by atoms with E-state index in [-0.39, 0.29) is 10.7 Å². The smallest absolute Gasteiger partial charge is 0.364 e. The topological polar surface area (TPSA) is 52.1 Å². The molecule has 4 nitrogen and oxygen atoms in total. The normalized spacial score (nSPS) is 10.4. The summed E-state index contributed by atoms with van der Waals surface area (Å²) < 4.78 is 5.29. The van der Waals surface area contributed by atoms with Crippen LogP contribution in [0.25, 0.3) is 0 Å². The zero-order valence-electron chi connectivity index (χ0n) is 11.3. The van der Waals surface area contributed by atoms with Crippen molar-refractivity contribution in [2.24, 2.45) is 0 Å². The van der Waals surface area contributed by atoms with Crippen LogP contribution in [0.1, 0.15) is 21.6 Å². The van der Waals surface area contributed by atoms with Gasteiger partial charge in [0.1, 0.15) is 5.75 Å². The van der Waals surface area contributed by atoms with Crippen molar-refractivity contribution < 1.29 is 9.53 Å². The maximum atomic E-state index is 12.1. The van der Waals surface area contributed by atoms with E-state index in [1.54, 1.807) is 12.1 Å². The largest absolute Gasteiger partial charge is 0.422 e. The standard InChI is InChI=1S/C14H13ClN2O2S/c1-8-4-5-10(6-9(8)2)19-13(18)12-11(15)7-16-14(17-12)20-3/h4-7H,1-3H3. The van der Waals surface area contributed by atoms with E-state index < -0.39 is 5.97 Å². The Kier molecular flexibility index (Phi) is 4.62. The van der Waals surface area contributed by atoms with Gasteiger partial charge in [-0.1, -0.05) is 29.4 Å². The number of carbonyl (C=O) groups excluding carboxylic acids is 1. The molecule has 104 valence electrons. The summed E-state index contributed by atoms with van der Waals surface area (Å²) in [5.41, 5.74) is 2.26. The lowest BCUT2D eigenvalue weighted by atomic mass is 10.1. The summed E-state index contributed by atoms with van der Waals surface area (Å²) in [7, 11) is 0. The molecule has 0 radical (unpaired) electrons. The van der Waals surface area contributed by atoms with Crippen LogP contribution in [0.3, 0.4) is 0 Å². The molecule has 1 aromatic carbocycles. The highest BCUT2D eigenvalue weighted by Gasteiger charge is 2.16. The summed E-state index contributed by atoms with van der Waals surface area (Å²) in [6, 6.07) is 5.44. The summed E-state index contributed by atoms with van der Waals surface area (Å²) in [4.78, 5) is 20.1. The van der Waals surface area contributed by atoms with Gasteiger partial charge in [-0.25, -0.2) is 14.8 Å². The molecule has 1 heterocycles. The number of benzene rings is 1. The molecule has 0 fully saturated rings. The van der Waals surface area contributed by atoms with Crippen molar-refractivity contribution in [3.05, 3.63) is 46.2 Å². The fourth-order valence-corrected chi connectivity index (χ4v) is 2.03. The Morgan fingerprint density at radius 3 is 2.70 bits per heavy atom. The summed E-state index contributed by atoms with van der Waals surface area (Å²) >= 11 is 7.27. The molecule has 0 saturated carbocycles. The lowest BCUT2D eigenvalue weighted by molar-refractivity contribution is 0.0727. The summed E-state index contributed by atoms with van der Waals surface area (Å²) in [6.07, 6.45) is 3.22. The Bertz CT molecular complexity index is 662. The third-order valence-electron chi connectivity index (χ3n) is 2.79. The summed E-state index contributed by atoms with van der Waals surface area (Å²) in [5.74, 6) is -0.116. The van der Waals surface area contributed by atoms with E-state index in [9.17, 15) is 4.79 Å². The molecular weight excluding hydrogens is 296 g/mol. The van der Waals surface area contributed by atoms with Crippen molar-refractivity contribution in [1.82, 2.24) is 9.97 Å². The van der Waals surface area contributed by atoms with Crippen LogP contribution in [0.15, 0.2) is 29.6 Å². The molecule has 20 heavy (non-hydrogen) atoms. The van der Waals surface area contributed by atoms with Gasteiger partial charge in [0.15, 0.2) is 10.9 Å². The number of aryl methyl sites for hydroxylation is 2. The fourth-order valence-electron chi connectivity index (χ4n) is 1.53. The fraction of sp³-hybridized carbons (Fsp3) is 0.214. The number of hydrogen-bond acceptors (Lipinski definition) is 5. The van der Waals surface area contributed by atoms with Crippen LogP contribution < -0.4 is 4.74 Å². The monoisotopic (exact) mass is 308 g/mol. The predicted octanol–water partition coefficient (Wildman–Crippen LogP) is 3.69. The molecule has 6 heteroatoms. The second kappa shape index (κ2) is 6.24. The Morgan fingerprint density at radius 2 is 2.05 bits per heavy atom. The van der Waals surface area contributed by atoms with E-state index in [4.69, 9.17) is 16.3 Å². The van der Waals surface area contributed by atoms with E-state index >= 15 is 0 Å². The van der Waals surface area contributed by atoms with E-state index in [1.807, 2.05) is 26.2 Å². The van der Waals surface area contributed by atoms with Gasteiger partial charge in [-0.05, 0) is 43.4 Å². The van der Waals surface area contributed by atoms with Crippen LogP contribution in [0.4, 0.5) is 0 Å². The minimum atomic E-state index is -0.587. The van der Waals surface area contributed by atoms with Gasteiger partial charge < -0.3 is 4.74 Å². The minimum Gasteiger partial charge on any atom is -0.422 e. The first-order valence-electron chi connectivity index (χ1n) is 5.87. The first-order valence-corrected chi connectivity index (χ1v) is 7.47. The molecular formula is C14H13ClN2O2S. The van der Waals surface area contributed by atoms with Gasteiger partial charge in [-0.15, -0.1) is 0 Å². The number of aromatic nitrogens is 2. The number of nitrogens with zero attached hydrogens (tertiary/aromatic N) is 2. The van der Waals surface area contributed by atoms with E-state index in [0.717, 1.165) is 11.1 Å². The van der Waals surface area contributed by atoms with Crippen LogP contribution in [0, 0.1) is 13.8 Å². The zero-order chi connectivity index (χ0) is 14.7. The number of esters is 1. The summed E-state index contributed by atoms with van der Waals surface area (Å²) in [5, 5.41) is 0.651. The Labute approximate surface area is 126 Å². The molecule has 2 rings (SSSR count). The number of hydrogen-bond donors (Lipinski definition) is 0. The highest BCUT2D eigenvalue weighted by atomic mass is 35.5. The maximum Gasteiger partial charge on any atom is 0.364 e. The number of carbonyl (C=O) groups is 1. The Hall–Kier alpha value is -1.59. The second-order valence-corrected chi connectivity index (χ2v) is 5.37. The highest BCUT2D eigenvalue weighted by molar-refractivity contribution is 7.98. The molecule has 0 amide bonds. The molecule has 0 bridgehead atoms. The number of rotatable bonds is 3. The Balaban J connectivity index is 2.25. The SMILES string of the molecule is CSc1ncc(Cl)c(C(=O)Oc2ccc(C)c(C)c2)n1. The average Bonchev–Trinajstić information content (AvgIpc) is 2.43. The molecule has 2 aromatic rings. The van der Waals surface area contributed by atoms with Gasteiger partial charge in [0.05, 0.1) is 11.2 Å². The molecule has 1 aromatic heterocycles. The van der Waals surface area contributed by atoms with Crippen molar-refractivity contribution in [3.8, 4) is 5.75 Å². The molecule has 0 N–H and O–H groups in total. The first-order chi connectivity index (χ1) is 9.51. The van der Waals surface area contributed by atoms with Crippen LogP contribution in [-0.2, 0) is 0 Å². The van der Waals surface area contributed by atoms with Gasteiger partial charge in [-0.3, -0.25) is 0 Å². The molecule has 0 spiro atoms. The minimum absolute atomic E-state index is 0.0734. The molecule has 0 atom stereocenters. The van der Waals surface area contributed by atoms with Crippen molar-refractivity contribution in [2.75, 3.05) is 6.26 Å². The van der Waals surface area contributed by atoms with Gasteiger partial charge in [0.25, 0.3) is 0 Å². The quantitative estimate of drug-likeness (QED) is 0.374. The van der Waals surface area contributed by atoms with Gasteiger partial charge in [0.2, 0.25) is 0 Å². The van der Waals surface area contributed by atoms with E-state index in [0.29, 0.717) is 10.9 Å². The van der Waals surface area contributed by atoms with Crippen molar-refractivity contribution >= 4 is 29.3 Å². The van der Waals surface area contributed by atoms with Crippen molar-refractivity contribution in [3.63, 3.8) is 0 Å². The van der Waals surface area contributed by atoms with Gasteiger partial charge in [-0.2, -0.15) is 0 Å². The lowest BCUT2D eigenvalue weighted by Gasteiger charge is -2.07. The number of ether oxygens (including phenoxy) is 1.